The topological polar surface area (TPSA) is 151 Å². The van der Waals surface area contributed by atoms with Crippen LogP contribution in [0.2, 0.25) is 0 Å². The Bertz CT molecular complexity index is 1700. The van der Waals surface area contributed by atoms with Crippen LogP contribution in [-0.2, 0) is 32.0 Å². The van der Waals surface area contributed by atoms with Gasteiger partial charge >= 0.3 is 11.9 Å². The molecule has 0 aliphatic heterocycles. The number of amides is 2. The van der Waals surface area contributed by atoms with E-state index in [1.165, 1.54) is 0 Å². The van der Waals surface area contributed by atoms with Gasteiger partial charge in [0.15, 0.2) is 11.0 Å². The summed E-state index contributed by atoms with van der Waals surface area (Å²) in [6, 6.07) is 16.7. The number of nitrogens with zero attached hydrogens (tertiary/aromatic N) is 3. The molecule has 2 aromatic carbocycles. The molecule has 4 rings (SSSR count). The summed E-state index contributed by atoms with van der Waals surface area (Å²) in [4.78, 5) is 51.8. The van der Waals surface area contributed by atoms with Crippen LogP contribution in [0.1, 0.15) is 57.8 Å². The lowest BCUT2D eigenvalue weighted by Gasteiger charge is -2.16. The van der Waals surface area contributed by atoms with Gasteiger partial charge in [0.1, 0.15) is 15.6 Å². The van der Waals surface area contributed by atoms with Crippen LogP contribution >= 0.6 is 23.1 Å². The maximum atomic E-state index is 13.5. The first-order chi connectivity index (χ1) is 22.2. The van der Waals surface area contributed by atoms with E-state index in [0.717, 1.165) is 28.7 Å². The Labute approximate surface area is 274 Å². The number of esters is 2. The quantitative estimate of drug-likeness (QED) is 0.139. The van der Waals surface area contributed by atoms with Gasteiger partial charge in [0.25, 0.3) is 0 Å². The minimum atomic E-state index is -0.735. The van der Waals surface area contributed by atoms with E-state index in [4.69, 9.17) is 14.2 Å². The average Bonchev–Trinajstić information content (AvgIpc) is 3.60. The lowest BCUT2D eigenvalue weighted by Crippen LogP contribution is -2.26. The van der Waals surface area contributed by atoms with Crippen molar-refractivity contribution < 1.29 is 33.4 Å². The summed E-state index contributed by atoms with van der Waals surface area (Å²) < 4.78 is 17.7. The SMILES string of the molecule is CCOC(=O)c1sc(NC(=O)[C@@H](C)Sc2nnc(CNC(=O)Cc3ccccc3)n2-c2ccccc2OC)c(C(=O)OCC)c1C. The molecule has 0 saturated heterocycles. The molecule has 0 bridgehead atoms. The molecule has 2 amide bonds. The van der Waals surface area contributed by atoms with E-state index < -0.39 is 23.1 Å². The van der Waals surface area contributed by atoms with Crippen molar-refractivity contribution in [3.05, 3.63) is 82.0 Å². The van der Waals surface area contributed by atoms with Gasteiger partial charge in [0.2, 0.25) is 11.8 Å². The molecule has 0 radical (unpaired) electrons. The first kappa shape index (κ1) is 34.2. The lowest BCUT2D eigenvalue weighted by molar-refractivity contribution is -0.120. The van der Waals surface area contributed by atoms with Gasteiger partial charge < -0.3 is 24.8 Å². The number of hydrogen-bond acceptors (Lipinski definition) is 11. The number of anilines is 1. The first-order valence-electron chi connectivity index (χ1n) is 14.5. The number of carbonyl (C=O) groups excluding carboxylic acids is 4. The molecule has 4 aromatic rings. The molecule has 0 unspecified atom stereocenters. The van der Waals surface area contributed by atoms with E-state index in [2.05, 4.69) is 20.8 Å². The van der Waals surface area contributed by atoms with Crippen molar-refractivity contribution >= 4 is 51.9 Å². The number of methoxy groups -OCH3 is 1. The van der Waals surface area contributed by atoms with Gasteiger partial charge in [-0.3, -0.25) is 14.2 Å². The number of rotatable bonds is 14. The fraction of sp³-hybridized carbons (Fsp3) is 0.312. The smallest absolute Gasteiger partial charge is 0.348 e. The van der Waals surface area contributed by atoms with Gasteiger partial charge in [-0.05, 0) is 51.0 Å². The van der Waals surface area contributed by atoms with Crippen molar-refractivity contribution in [1.29, 1.82) is 0 Å². The number of thioether (sulfide) groups is 1. The maximum absolute atomic E-state index is 13.5. The standard InChI is InChI=1S/C32H35N5O7S2/c1-6-43-30(40)26-19(3)27(31(41)44-7-2)46-29(26)34-28(39)20(4)45-32-36-35-24(37(32)22-15-11-12-16-23(22)42-5)18-33-25(38)17-21-13-9-8-10-14-21/h8-16,20H,6-7,17-18H2,1-5H3,(H,33,38)(H,34,39)/t20-/m1/s1. The van der Waals surface area contributed by atoms with Crippen LogP contribution in [0.3, 0.4) is 0 Å². The third-order valence-corrected chi connectivity index (χ3v) is 8.88. The Kier molecular flexibility index (Phi) is 11.9. The van der Waals surface area contributed by atoms with Crippen LogP contribution in [0.4, 0.5) is 5.00 Å². The predicted octanol–water partition coefficient (Wildman–Crippen LogP) is 4.98. The second-order valence-electron chi connectivity index (χ2n) is 9.80. The van der Waals surface area contributed by atoms with E-state index in [9.17, 15) is 19.2 Å². The molecule has 0 saturated carbocycles. The first-order valence-corrected chi connectivity index (χ1v) is 16.2. The fourth-order valence-electron chi connectivity index (χ4n) is 4.44. The number of carbonyl (C=O) groups is 4. The van der Waals surface area contributed by atoms with Gasteiger partial charge in [0, 0.05) is 0 Å². The lowest BCUT2D eigenvalue weighted by atomic mass is 10.1. The highest BCUT2D eigenvalue weighted by molar-refractivity contribution is 8.00. The largest absolute Gasteiger partial charge is 0.495 e. The number of ether oxygens (including phenoxy) is 3. The molecule has 12 nitrogen and oxygen atoms in total. The molecule has 242 valence electrons. The van der Waals surface area contributed by atoms with Crippen LogP contribution in [0, 0.1) is 6.92 Å². The second kappa shape index (κ2) is 16.0. The Morgan fingerprint density at radius 1 is 0.957 bits per heavy atom. The molecule has 14 heteroatoms. The monoisotopic (exact) mass is 665 g/mol. The summed E-state index contributed by atoms with van der Waals surface area (Å²) >= 11 is 2.08. The van der Waals surface area contributed by atoms with Gasteiger partial charge in [-0.25, -0.2) is 9.59 Å². The molecule has 2 heterocycles. The number of hydrogen-bond donors (Lipinski definition) is 2. The van der Waals surface area contributed by atoms with E-state index >= 15 is 0 Å². The third-order valence-electron chi connectivity index (χ3n) is 6.65. The van der Waals surface area contributed by atoms with Crippen molar-refractivity contribution in [2.45, 2.75) is 51.1 Å². The molecular formula is C32H35N5O7S2. The molecule has 0 fully saturated rings. The van der Waals surface area contributed by atoms with Crippen molar-refractivity contribution in [2.75, 3.05) is 25.6 Å². The zero-order valence-corrected chi connectivity index (χ0v) is 27.8. The van der Waals surface area contributed by atoms with E-state index in [1.807, 2.05) is 48.5 Å². The van der Waals surface area contributed by atoms with E-state index in [-0.39, 0.29) is 47.5 Å². The van der Waals surface area contributed by atoms with Gasteiger partial charge in [-0.2, -0.15) is 0 Å². The molecule has 2 aromatic heterocycles. The van der Waals surface area contributed by atoms with Gasteiger partial charge in [-0.1, -0.05) is 54.2 Å². The van der Waals surface area contributed by atoms with Gasteiger partial charge in [0.05, 0.1) is 49.8 Å². The minimum absolute atomic E-state index is 0.0753. The molecule has 0 aliphatic carbocycles. The Morgan fingerprint density at radius 2 is 1.63 bits per heavy atom. The van der Waals surface area contributed by atoms with Crippen molar-refractivity contribution in [1.82, 2.24) is 20.1 Å². The van der Waals surface area contributed by atoms with E-state index in [0.29, 0.717) is 28.0 Å². The molecule has 46 heavy (non-hydrogen) atoms. The predicted molar refractivity (Wildman–Crippen MR) is 175 cm³/mol. The summed E-state index contributed by atoms with van der Waals surface area (Å²) in [6.07, 6.45) is 0.205. The van der Waals surface area contributed by atoms with Crippen LogP contribution in [0.15, 0.2) is 59.8 Å². The molecule has 0 spiro atoms. The van der Waals surface area contributed by atoms with Crippen LogP contribution < -0.4 is 15.4 Å². The maximum Gasteiger partial charge on any atom is 0.348 e. The summed E-state index contributed by atoms with van der Waals surface area (Å²) in [5, 5.41) is 14.2. The summed E-state index contributed by atoms with van der Waals surface area (Å²) in [5.41, 5.74) is 1.97. The fourth-order valence-corrected chi connectivity index (χ4v) is 6.41. The number of nitrogens with one attached hydrogen (secondary N) is 2. The van der Waals surface area contributed by atoms with Crippen molar-refractivity contribution in [2.24, 2.45) is 0 Å². The normalized spacial score (nSPS) is 11.4. The highest BCUT2D eigenvalue weighted by atomic mass is 32.2. The number of aromatic nitrogens is 3. The average molecular weight is 666 g/mol. The highest BCUT2D eigenvalue weighted by Crippen LogP contribution is 2.36. The van der Waals surface area contributed by atoms with Gasteiger partial charge in [-0.15, -0.1) is 21.5 Å². The molecular weight excluding hydrogens is 631 g/mol. The summed E-state index contributed by atoms with van der Waals surface area (Å²) in [6.45, 7) is 7.00. The molecule has 1 atom stereocenters. The Hall–Kier alpha value is -4.69. The zero-order valence-electron chi connectivity index (χ0n) is 26.1. The zero-order chi connectivity index (χ0) is 33.2. The third kappa shape index (κ3) is 8.12. The Balaban J connectivity index is 1.59. The number of thiophene rings is 1. The number of benzene rings is 2. The molecule has 0 aliphatic rings. The van der Waals surface area contributed by atoms with Crippen molar-refractivity contribution in [3.63, 3.8) is 0 Å². The van der Waals surface area contributed by atoms with Crippen LogP contribution in [-0.4, -0.2) is 64.1 Å². The highest BCUT2D eigenvalue weighted by Gasteiger charge is 2.29. The summed E-state index contributed by atoms with van der Waals surface area (Å²) in [5.74, 6) is -0.909. The van der Waals surface area contributed by atoms with Crippen LogP contribution in [0.25, 0.3) is 5.69 Å². The second-order valence-corrected chi connectivity index (χ2v) is 12.1. The van der Waals surface area contributed by atoms with Crippen molar-refractivity contribution in [3.8, 4) is 11.4 Å². The van der Waals surface area contributed by atoms with E-state index in [1.54, 1.807) is 45.4 Å². The minimum Gasteiger partial charge on any atom is -0.495 e. The Morgan fingerprint density at radius 3 is 2.33 bits per heavy atom. The summed E-state index contributed by atoms with van der Waals surface area (Å²) in [7, 11) is 1.54. The van der Waals surface area contributed by atoms with Crippen LogP contribution in [0.5, 0.6) is 5.75 Å². The molecule has 2 N–H and O–H groups in total. The number of para-hydroxylation sites is 2.